The first kappa shape index (κ1) is 12.7. The molecule has 0 bridgehead atoms. The molecule has 0 aromatic carbocycles. The van der Waals surface area contributed by atoms with Crippen LogP contribution in [0.3, 0.4) is 0 Å². The molecule has 5 nitrogen and oxygen atoms in total. The molecule has 0 saturated carbocycles. The average Bonchev–Trinajstić information content (AvgIpc) is 2.34. The van der Waals surface area contributed by atoms with Gasteiger partial charge in [0.2, 0.25) is 0 Å². The minimum atomic E-state index is -0.357. The van der Waals surface area contributed by atoms with Crippen molar-refractivity contribution in [2.75, 3.05) is 18.0 Å². The minimum absolute atomic E-state index is 0.210. The smallest absolute Gasteiger partial charge is 0.186 e. The van der Waals surface area contributed by atoms with Gasteiger partial charge in [0.15, 0.2) is 11.6 Å². The van der Waals surface area contributed by atoms with E-state index in [9.17, 15) is 4.39 Å². The molecule has 0 atom stereocenters. The van der Waals surface area contributed by atoms with Crippen LogP contribution in [0.4, 0.5) is 10.2 Å². The molecule has 1 fully saturated rings. The minimum Gasteiger partial charge on any atom is -0.387 e. The molecule has 1 aliphatic rings. The maximum Gasteiger partial charge on any atom is 0.186 e. The van der Waals surface area contributed by atoms with Gasteiger partial charge in [0.05, 0.1) is 11.5 Å². The van der Waals surface area contributed by atoms with Gasteiger partial charge in [-0.2, -0.15) is 0 Å². The Morgan fingerprint density at radius 3 is 2.61 bits per heavy atom. The lowest BCUT2D eigenvalue weighted by Crippen LogP contribution is -2.45. The summed E-state index contributed by atoms with van der Waals surface area (Å²) >= 11 is 0. The van der Waals surface area contributed by atoms with Crippen LogP contribution in [0.25, 0.3) is 0 Å². The van der Waals surface area contributed by atoms with E-state index in [2.05, 4.69) is 9.97 Å². The lowest BCUT2D eigenvalue weighted by atomic mass is 9.79. The van der Waals surface area contributed by atoms with Crippen LogP contribution in [0.2, 0.25) is 0 Å². The number of hydrogen-bond acceptors (Lipinski definition) is 4. The van der Waals surface area contributed by atoms with Gasteiger partial charge in [-0.05, 0) is 19.8 Å². The standard InChI is InChI=1S/C12H18FN5/c1-8-9(13)10(17-7-16-8)18-5-3-12(2,4-6-18)11(14)15/h7H,3-6H2,1-2H3,(H3,14,15). The Bertz CT molecular complexity index is 466. The van der Waals surface area contributed by atoms with Gasteiger partial charge < -0.3 is 10.6 Å². The van der Waals surface area contributed by atoms with E-state index in [1.165, 1.54) is 6.33 Å². The van der Waals surface area contributed by atoms with E-state index >= 15 is 0 Å². The molecular formula is C12H18FN5. The predicted molar refractivity (Wildman–Crippen MR) is 68.2 cm³/mol. The van der Waals surface area contributed by atoms with Crippen LogP contribution in [0.5, 0.6) is 0 Å². The summed E-state index contributed by atoms with van der Waals surface area (Å²) in [5.41, 5.74) is 5.70. The highest BCUT2D eigenvalue weighted by Gasteiger charge is 2.34. The number of nitrogens with one attached hydrogen (secondary N) is 1. The first-order chi connectivity index (χ1) is 8.44. The first-order valence-electron chi connectivity index (χ1n) is 6.00. The lowest BCUT2D eigenvalue weighted by Gasteiger charge is -2.39. The molecule has 0 amide bonds. The predicted octanol–water partition coefficient (Wildman–Crippen LogP) is 1.47. The van der Waals surface area contributed by atoms with E-state index in [0.29, 0.717) is 24.6 Å². The molecule has 0 aliphatic carbocycles. The summed E-state index contributed by atoms with van der Waals surface area (Å²) in [5, 5.41) is 7.59. The fraction of sp³-hybridized carbons (Fsp3) is 0.583. The number of amidine groups is 1. The van der Waals surface area contributed by atoms with Crippen LogP contribution in [0, 0.1) is 23.6 Å². The first-order valence-corrected chi connectivity index (χ1v) is 6.00. The molecule has 18 heavy (non-hydrogen) atoms. The summed E-state index contributed by atoms with van der Waals surface area (Å²) in [4.78, 5) is 9.73. The number of rotatable bonds is 2. The van der Waals surface area contributed by atoms with Crippen molar-refractivity contribution in [3.8, 4) is 0 Å². The Morgan fingerprint density at radius 2 is 2.06 bits per heavy atom. The Morgan fingerprint density at radius 1 is 1.44 bits per heavy atom. The zero-order chi connectivity index (χ0) is 13.3. The van der Waals surface area contributed by atoms with Gasteiger partial charge >= 0.3 is 0 Å². The van der Waals surface area contributed by atoms with E-state index in [0.717, 1.165) is 12.8 Å². The van der Waals surface area contributed by atoms with Crippen LogP contribution in [0.1, 0.15) is 25.5 Å². The third-order valence-electron chi connectivity index (χ3n) is 3.76. The van der Waals surface area contributed by atoms with Crippen LogP contribution in [-0.4, -0.2) is 28.9 Å². The third kappa shape index (κ3) is 2.14. The highest BCUT2D eigenvalue weighted by atomic mass is 19.1. The third-order valence-corrected chi connectivity index (χ3v) is 3.76. The number of anilines is 1. The molecule has 0 spiro atoms. The highest BCUT2D eigenvalue weighted by Crippen LogP contribution is 2.32. The van der Waals surface area contributed by atoms with Crippen molar-refractivity contribution >= 4 is 11.7 Å². The number of nitrogens with zero attached hydrogens (tertiary/aromatic N) is 3. The molecule has 1 aromatic rings. The average molecular weight is 251 g/mol. The molecule has 3 N–H and O–H groups in total. The Balaban J connectivity index is 2.15. The normalized spacial score (nSPS) is 18.7. The number of piperidine rings is 1. The summed E-state index contributed by atoms with van der Waals surface area (Å²) in [7, 11) is 0. The van der Waals surface area contributed by atoms with Gasteiger partial charge in [0.25, 0.3) is 0 Å². The summed E-state index contributed by atoms with van der Waals surface area (Å²) in [6, 6.07) is 0. The number of halogens is 1. The summed E-state index contributed by atoms with van der Waals surface area (Å²) in [6.45, 7) is 4.92. The number of aromatic nitrogens is 2. The number of hydrogen-bond donors (Lipinski definition) is 2. The van der Waals surface area contributed by atoms with Crippen molar-refractivity contribution < 1.29 is 4.39 Å². The monoisotopic (exact) mass is 251 g/mol. The van der Waals surface area contributed by atoms with Crippen LogP contribution in [-0.2, 0) is 0 Å². The van der Waals surface area contributed by atoms with Crippen molar-refractivity contribution in [2.45, 2.75) is 26.7 Å². The van der Waals surface area contributed by atoms with Crippen molar-refractivity contribution in [1.82, 2.24) is 9.97 Å². The molecule has 1 aromatic heterocycles. The summed E-state index contributed by atoms with van der Waals surface area (Å²) < 4.78 is 13.9. The van der Waals surface area contributed by atoms with Gasteiger partial charge in [-0.25, -0.2) is 14.4 Å². The molecule has 1 saturated heterocycles. The quantitative estimate of drug-likeness (QED) is 0.616. The van der Waals surface area contributed by atoms with E-state index in [1.54, 1.807) is 6.92 Å². The van der Waals surface area contributed by atoms with Crippen molar-refractivity contribution in [2.24, 2.45) is 11.1 Å². The zero-order valence-electron chi connectivity index (χ0n) is 10.7. The van der Waals surface area contributed by atoms with Gasteiger partial charge in [0, 0.05) is 18.5 Å². The summed E-state index contributed by atoms with van der Waals surface area (Å²) in [6.07, 6.45) is 2.86. The lowest BCUT2D eigenvalue weighted by molar-refractivity contribution is 0.347. The van der Waals surface area contributed by atoms with Crippen LogP contribution in [0.15, 0.2) is 6.33 Å². The van der Waals surface area contributed by atoms with Crippen molar-refractivity contribution in [3.05, 3.63) is 17.8 Å². The van der Waals surface area contributed by atoms with Crippen LogP contribution >= 0.6 is 0 Å². The Labute approximate surface area is 106 Å². The van der Waals surface area contributed by atoms with Gasteiger partial charge in [-0.15, -0.1) is 0 Å². The van der Waals surface area contributed by atoms with E-state index in [4.69, 9.17) is 11.1 Å². The summed E-state index contributed by atoms with van der Waals surface area (Å²) in [5.74, 6) is 0.207. The van der Waals surface area contributed by atoms with Gasteiger partial charge in [-0.3, -0.25) is 5.41 Å². The fourth-order valence-electron chi connectivity index (χ4n) is 2.15. The second kappa shape index (κ2) is 4.51. The largest absolute Gasteiger partial charge is 0.387 e. The molecular weight excluding hydrogens is 233 g/mol. The van der Waals surface area contributed by atoms with Crippen LogP contribution < -0.4 is 10.6 Å². The number of nitrogens with two attached hydrogens (primary N) is 1. The molecule has 0 radical (unpaired) electrons. The Kier molecular flexibility index (Phi) is 3.19. The van der Waals surface area contributed by atoms with E-state index in [1.807, 2.05) is 11.8 Å². The van der Waals surface area contributed by atoms with E-state index in [-0.39, 0.29) is 17.1 Å². The fourth-order valence-corrected chi connectivity index (χ4v) is 2.15. The SMILES string of the molecule is Cc1ncnc(N2CCC(C)(C(=N)N)CC2)c1F. The number of aryl methyl sites for hydroxylation is 1. The van der Waals surface area contributed by atoms with Crippen molar-refractivity contribution in [3.63, 3.8) is 0 Å². The topological polar surface area (TPSA) is 78.9 Å². The second-order valence-corrected chi connectivity index (χ2v) is 5.06. The maximum atomic E-state index is 13.9. The van der Waals surface area contributed by atoms with Gasteiger partial charge in [0.1, 0.15) is 6.33 Å². The highest BCUT2D eigenvalue weighted by molar-refractivity contribution is 5.83. The Hall–Kier alpha value is -1.72. The molecule has 98 valence electrons. The molecule has 6 heteroatoms. The molecule has 1 aliphatic heterocycles. The zero-order valence-corrected chi connectivity index (χ0v) is 10.7. The van der Waals surface area contributed by atoms with E-state index < -0.39 is 0 Å². The molecule has 2 heterocycles. The molecule has 2 rings (SSSR count). The molecule has 0 unspecified atom stereocenters. The van der Waals surface area contributed by atoms with Gasteiger partial charge in [-0.1, -0.05) is 6.92 Å². The maximum absolute atomic E-state index is 13.9. The van der Waals surface area contributed by atoms with Crippen molar-refractivity contribution in [1.29, 1.82) is 5.41 Å². The second-order valence-electron chi connectivity index (χ2n) is 5.06.